The third-order valence-corrected chi connectivity index (χ3v) is 2.63. The van der Waals surface area contributed by atoms with Crippen LogP contribution in [0.1, 0.15) is 39.0 Å². The van der Waals surface area contributed by atoms with Gasteiger partial charge in [0, 0.05) is 9.58 Å². The van der Waals surface area contributed by atoms with Crippen LogP contribution < -0.4 is 0 Å². The van der Waals surface area contributed by atoms with Crippen molar-refractivity contribution in [2.24, 2.45) is 0 Å². The maximum Gasteiger partial charge on any atom is 0.123 e. The van der Waals surface area contributed by atoms with Gasteiger partial charge >= 0.3 is 0 Å². The van der Waals surface area contributed by atoms with Crippen LogP contribution in [0.3, 0.4) is 0 Å². The van der Waals surface area contributed by atoms with Gasteiger partial charge in [0.25, 0.3) is 0 Å². The summed E-state index contributed by atoms with van der Waals surface area (Å²) in [6.45, 7) is 10.3. The van der Waals surface area contributed by atoms with Gasteiger partial charge in [0.2, 0.25) is 0 Å². The first-order valence-electron chi connectivity index (χ1n) is 5.83. The molecular weight excluding hydrogens is 219 g/mol. The Morgan fingerprint density at radius 2 is 1.69 bits per heavy atom. The van der Waals surface area contributed by atoms with Crippen molar-refractivity contribution in [3.63, 3.8) is 0 Å². The highest BCUT2D eigenvalue weighted by atomic mass is 32.1. The number of hydrogen-bond donors (Lipinski definition) is 0. The minimum Gasteiger partial charge on any atom is -0.207 e. The van der Waals surface area contributed by atoms with E-state index in [0.717, 1.165) is 10.1 Å². The molecule has 0 unspecified atom stereocenters. The average Bonchev–Trinajstić information content (AvgIpc) is 2.61. The van der Waals surface area contributed by atoms with Crippen molar-refractivity contribution in [3.8, 4) is 0 Å². The molecule has 0 saturated carbocycles. The predicted octanol–water partition coefficient (Wildman–Crippen LogP) is 5.79. The molecule has 0 atom stereocenters. The van der Waals surface area contributed by atoms with Crippen molar-refractivity contribution in [1.29, 1.82) is 0 Å². The SMILES string of the molecule is CC.CCC.Cc1cc2cc(F)ccc2s1. The Morgan fingerprint density at radius 3 is 2.25 bits per heavy atom. The monoisotopic (exact) mass is 240 g/mol. The highest BCUT2D eigenvalue weighted by molar-refractivity contribution is 7.19. The molecule has 0 radical (unpaired) electrons. The minimum absolute atomic E-state index is 0.157. The van der Waals surface area contributed by atoms with Gasteiger partial charge in [-0.1, -0.05) is 34.1 Å². The van der Waals surface area contributed by atoms with Crippen LogP contribution in [0.5, 0.6) is 0 Å². The fourth-order valence-corrected chi connectivity index (χ4v) is 2.05. The minimum atomic E-state index is -0.157. The molecule has 0 aliphatic heterocycles. The number of benzene rings is 1. The van der Waals surface area contributed by atoms with Crippen molar-refractivity contribution in [2.45, 2.75) is 41.0 Å². The number of aryl methyl sites for hydroxylation is 1. The second kappa shape index (κ2) is 8.28. The number of halogens is 1. The van der Waals surface area contributed by atoms with Gasteiger partial charge in [0.05, 0.1) is 0 Å². The quantitative estimate of drug-likeness (QED) is 0.546. The van der Waals surface area contributed by atoms with Crippen molar-refractivity contribution in [1.82, 2.24) is 0 Å². The third kappa shape index (κ3) is 4.75. The Hall–Kier alpha value is -0.890. The van der Waals surface area contributed by atoms with Gasteiger partial charge in [0.1, 0.15) is 5.82 Å². The van der Waals surface area contributed by atoms with E-state index in [0.29, 0.717) is 0 Å². The topological polar surface area (TPSA) is 0 Å². The maximum absolute atomic E-state index is 12.7. The van der Waals surface area contributed by atoms with Crippen LogP contribution in [0, 0.1) is 12.7 Å². The van der Waals surface area contributed by atoms with E-state index >= 15 is 0 Å². The van der Waals surface area contributed by atoms with Crippen LogP contribution >= 0.6 is 11.3 Å². The van der Waals surface area contributed by atoms with Gasteiger partial charge < -0.3 is 0 Å². The summed E-state index contributed by atoms with van der Waals surface area (Å²) in [5.74, 6) is -0.157. The zero-order chi connectivity index (χ0) is 12.6. The molecule has 1 heterocycles. The standard InChI is InChI=1S/C9H7FS.C3H8.C2H6/c1-6-4-7-5-8(10)2-3-9(7)11-6;1-3-2;1-2/h2-5H,1H3;3H2,1-2H3;1-2H3. The average molecular weight is 240 g/mol. The highest BCUT2D eigenvalue weighted by Crippen LogP contribution is 2.25. The van der Waals surface area contributed by atoms with Gasteiger partial charge in [0.15, 0.2) is 0 Å². The lowest BCUT2D eigenvalue weighted by Gasteiger charge is -1.86. The molecule has 0 spiro atoms. The molecule has 2 rings (SSSR count). The summed E-state index contributed by atoms with van der Waals surface area (Å²) >= 11 is 1.69. The lowest BCUT2D eigenvalue weighted by atomic mass is 10.2. The summed E-state index contributed by atoms with van der Waals surface area (Å²) in [5.41, 5.74) is 0. The first-order chi connectivity index (χ1) is 7.67. The summed E-state index contributed by atoms with van der Waals surface area (Å²) in [6, 6.07) is 6.89. The van der Waals surface area contributed by atoms with Crippen molar-refractivity contribution in [3.05, 3.63) is 35.0 Å². The van der Waals surface area contributed by atoms with E-state index in [-0.39, 0.29) is 5.82 Å². The van der Waals surface area contributed by atoms with Gasteiger partial charge in [-0.15, -0.1) is 11.3 Å². The van der Waals surface area contributed by atoms with Crippen LogP contribution in [-0.4, -0.2) is 0 Å². The lowest BCUT2D eigenvalue weighted by Crippen LogP contribution is -1.68. The van der Waals surface area contributed by atoms with Crippen molar-refractivity contribution >= 4 is 21.4 Å². The molecule has 0 N–H and O–H groups in total. The summed E-state index contributed by atoms with van der Waals surface area (Å²) < 4.78 is 13.8. The summed E-state index contributed by atoms with van der Waals surface area (Å²) in [4.78, 5) is 1.23. The van der Waals surface area contributed by atoms with Crippen LogP contribution in [0.15, 0.2) is 24.3 Å². The third-order valence-electron chi connectivity index (χ3n) is 1.60. The molecule has 0 fully saturated rings. The van der Waals surface area contributed by atoms with Crippen LogP contribution in [-0.2, 0) is 0 Å². The number of thiophene rings is 1. The predicted molar refractivity (Wildman–Crippen MR) is 73.8 cm³/mol. The van der Waals surface area contributed by atoms with E-state index in [9.17, 15) is 4.39 Å². The zero-order valence-corrected chi connectivity index (χ0v) is 11.6. The van der Waals surface area contributed by atoms with Crippen LogP contribution in [0.2, 0.25) is 0 Å². The molecule has 0 aliphatic carbocycles. The molecule has 0 nitrogen and oxygen atoms in total. The molecule has 0 amide bonds. The van der Waals surface area contributed by atoms with E-state index in [1.165, 1.54) is 17.4 Å². The van der Waals surface area contributed by atoms with Gasteiger partial charge in [-0.05, 0) is 36.6 Å². The molecular formula is C14H21FS. The maximum atomic E-state index is 12.7. The first kappa shape index (κ1) is 15.1. The fourth-order valence-electron chi connectivity index (χ4n) is 1.15. The first-order valence-corrected chi connectivity index (χ1v) is 6.64. The second-order valence-electron chi connectivity index (χ2n) is 3.25. The van der Waals surface area contributed by atoms with Crippen LogP contribution in [0.4, 0.5) is 4.39 Å². The molecule has 0 saturated heterocycles. The summed E-state index contributed by atoms with van der Waals surface area (Å²) in [5, 5.41) is 1.01. The highest BCUT2D eigenvalue weighted by Gasteiger charge is 1.98. The molecule has 1 aromatic carbocycles. The van der Waals surface area contributed by atoms with Crippen molar-refractivity contribution < 1.29 is 4.39 Å². The van der Waals surface area contributed by atoms with Gasteiger partial charge in [-0.2, -0.15) is 0 Å². The van der Waals surface area contributed by atoms with Gasteiger partial charge in [-0.25, -0.2) is 4.39 Å². The Bertz CT molecular complexity index is 404. The number of hydrogen-bond acceptors (Lipinski definition) is 1. The van der Waals surface area contributed by atoms with Gasteiger partial charge in [-0.3, -0.25) is 0 Å². The summed E-state index contributed by atoms with van der Waals surface area (Å²) in [6.07, 6.45) is 1.25. The molecule has 90 valence electrons. The van der Waals surface area contributed by atoms with E-state index in [4.69, 9.17) is 0 Å². The smallest absolute Gasteiger partial charge is 0.123 e. The van der Waals surface area contributed by atoms with Crippen molar-refractivity contribution in [2.75, 3.05) is 0 Å². The van der Waals surface area contributed by atoms with Crippen LogP contribution in [0.25, 0.3) is 10.1 Å². The molecule has 0 bridgehead atoms. The fraction of sp³-hybridized carbons (Fsp3) is 0.429. The molecule has 2 aromatic rings. The molecule has 2 heteroatoms. The van der Waals surface area contributed by atoms with E-state index in [1.807, 2.05) is 32.9 Å². The normalized spacial score (nSPS) is 8.88. The largest absolute Gasteiger partial charge is 0.207 e. The molecule has 16 heavy (non-hydrogen) atoms. The Kier molecular flexibility index (Phi) is 7.82. The van der Waals surface area contributed by atoms with E-state index < -0.39 is 0 Å². The van der Waals surface area contributed by atoms with E-state index in [2.05, 4.69) is 13.8 Å². The second-order valence-corrected chi connectivity index (χ2v) is 4.53. The zero-order valence-electron chi connectivity index (χ0n) is 10.8. The molecule has 1 aromatic heterocycles. The summed E-state index contributed by atoms with van der Waals surface area (Å²) in [7, 11) is 0. The Morgan fingerprint density at radius 1 is 1.12 bits per heavy atom. The Labute approximate surface area is 102 Å². The lowest BCUT2D eigenvalue weighted by molar-refractivity contribution is 0.630. The number of rotatable bonds is 0. The van der Waals surface area contributed by atoms with E-state index in [1.54, 1.807) is 17.4 Å². The Balaban J connectivity index is 0.000000394. The number of fused-ring (bicyclic) bond motifs is 1. The molecule has 0 aliphatic rings.